The molecule has 2 heterocycles. The number of nitrogens with zero attached hydrogens (tertiary/aromatic N) is 3. The molecule has 5 nitrogen and oxygen atoms in total. The highest BCUT2D eigenvalue weighted by molar-refractivity contribution is 6.31. The maximum Gasteiger partial charge on any atom is 0.135 e. The van der Waals surface area contributed by atoms with E-state index < -0.39 is 0 Å². The van der Waals surface area contributed by atoms with Crippen LogP contribution in [0.3, 0.4) is 0 Å². The van der Waals surface area contributed by atoms with Gasteiger partial charge in [-0.3, -0.25) is 0 Å². The number of rotatable bonds is 6. The lowest BCUT2D eigenvalue weighted by molar-refractivity contribution is 0.439. The van der Waals surface area contributed by atoms with Crippen LogP contribution in [0, 0.1) is 0 Å². The van der Waals surface area contributed by atoms with Crippen molar-refractivity contribution in [2.24, 2.45) is 0 Å². The standard InChI is InChI=1S/C17H19ClN4O/c1-11(16-9-13-8-14(18)4-5-15(13)23-16)19-6-7-22-10-20-21-17(22)12-2-3-12/h4-5,8-12,19H,2-3,6-7H2,1H3/t11-/m0/s1. The minimum absolute atomic E-state index is 0.141. The molecule has 23 heavy (non-hydrogen) atoms. The van der Waals surface area contributed by atoms with E-state index in [2.05, 4.69) is 27.0 Å². The van der Waals surface area contributed by atoms with Crippen molar-refractivity contribution in [1.29, 1.82) is 0 Å². The summed E-state index contributed by atoms with van der Waals surface area (Å²) in [6.07, 6.45) is 4.30. The molecule has 1 N–H and O–H groups in total. The van der Waals surface area contributed by atoms with Gasteiger partial charge in [-0.15, -0.1) is 10.2 Å². The Kier molecular flexibility index (Phi) is 3.83. The smallest absolute Gasteiger partial charge is 0.135 e. The maximum atomic E-state index is 6.02. The van der Waals surface area contributed by atoms with Crippen LogP contribution >= 0.6 is 11.6 Å². The molecule has 1 fully saturated rings. The van der Waals surface area contributed by atoms with Crippen molar-refractivity contribution in [1.82, 2.24) is 20.1 Å². The number of fused-ring (bicyclic) bond motifs is 1. The number of benzene rings is 1. The van der Waals surface area contributed by atoms with Crippen LogP contribution in [-0.2, 0) is 6.54 Å². The minimum Gasteiger partial charge on any atom is -0.459 e. The molecule has 4 rings (SSSR count). The van der Waals surface area contributed by atoms with E-state index in [1.54, 1.807) is 0 Å². The molecule has 3 aromatic rings. The van der Waals surface area contributed by atoms with Gasteiger partial charge in [0.1, 0.15) is 23.5 Å². The van der Waals surface area contributed by atoms with Crippen molar-refractivity contribution < 1.29 is 4.42 Å². The SMILES string of the molecule is C[C@H](NCCn1cnnc1C1CC1)c1cc2cc(Cl)ccc2o1. The summed E-state index contributed by atoms with van der Waals surface area (Å²) in [6.45, 7) is 3.82. The Morgan fingerprint density at radius 3 is 3.09 bits per heavy atom. The molecular formula is C17H19ClN4O. The number of nitrogens with one attached hydrogen (secondary N) is 1. The average Bonchev–Trinajstić information content (AvgIpc) is 3.12. The summed E-state index contributed by atoms with van der Waals surface area (Å²) in [5, 5.41) is 13.5. The predicted octanol–water partition coefficient (Wildman–Crippen LogP) is 3.91. The minimum atomic E-state index is 0.141. The average molecular weight is 331 g/mol. The molecule has 0 unspecified atom stereocenters. The molecular weight excluding hydrogens is 312 g/mol. The Morgan fingerprint density at radius 1 is 1.39 bits per heavy atom. The topological polar surface area (TPSA) is 55.9 Å². The molecule has 1 aromatic carbocycles. The maximum absolute atomic E-state index is 6.02. The number of hydrogen-bond donors (Lipinski definition) is 1. The molecule has 0 radical (unpaired) electrons. The van der Waals surface area contributed by atoms with Gasteiger partial charge < -0.3 is 14.3 Å². The molecule has 1 atom stereocenters. The van der Waals surface area contributed by atoms with Crippen LogP contribution < -0.4 is 5.32 Å². The summed E-state index contributed by atoms with van der Waals surface area (Å²) in [5.74, 6) is 2.67. The van der Waals surface area contributed by atoms with Gasteiger partial charge in [-0.2, -0.15) is 0 Å². The zero-order valence-corrected chi connectivity index (χ0v) is 13.8. The summed E-state index contributed by atoms with van der Waals surface area (Å²) in [5.41, 5.74) is 0.868. The lowest BCUT2D eigenvalue weighted by atomic mass is 10.2. The van der Waals surface area contributed by atoms with Crippen LogP contribution in [0.15, 0.2) is 35.0 Å². The summed E-state index contributed by atoms with van der Waals surface area (Å²) in [4.78, 5) is 0. The first-order chi connectivity index (χ1) is 11.2. The van der Waals surface area contributed by atoms with Crippen molar-refractivity contribution in [3.63, 3.8) is 0 Å². The molecule has 0 bridgehead atoms. The van der Waals surface area contributed by atoms with Gasteiger partial charge in [-0.1, -0.05) is 11.6 Å². The monoisotopic (exact) mass is 330 g/mol. The normalized spacial score (nSPS) is 16.1. The van der Waals surface area contributed by atoms with Gasteiger partial charge in [0, 0.05) is 29.4 Å². The molecule has 0 aliphatic heterocycles. The molecule has 0 saturated heterocycles. The second kappa shape index (κ2) is 5.98. The van der Waals surface area contributed by atoms with Crippen molar-refractivity contribution in [2.45, 2.75) is 38.3 Å². The Bertz CT molecular complexity index is 821. The van der Waals surface area contributed by atoms with E-state index in [9.17, 15) is 0 Å². The van der Waals surface area contributed by atoms with Crippen molar-refractivity contribution >= 4 is 22.6 Å². The van der Waals surface area contributed by atoms with E-state index in [0.29, 0.717) is 5.92 Å². The fraction of sp³-hybridized carbons (Fsp3) is 0.412. The first-order valence-electron chi connectivity index (χ1n) is 8.01. The number of furan rings is 1. The van der Waals surface area contributed by atoms with Crippen LogP contribution in [0.2, 0.25) is 5.02 Å². The van der Waals surface area contributed by atoms with Gasteiger partial charge in [-0.05, 0) is 44.0 Å². The number of aromatic nitrogens is 3. The number of hydrogen-bond acceptors (Lipinski definition) is 4. The molecule has 2 aromatic heterocycles. The molecule has 1 saturated carbocycles. The van der Waals surface area contributed by atoms with Crippen LogP contribution in [0.5, 0.6) is 0 Å². The zero-order valence-electron chi connectivity index (χ0n) is 13.0. The highest BCUT2D eigenvalue weighted by Crippen LogP contribution is 2.38. The van der Waals surface area contributed by atoms with Crippen molar-refractivity contribution in [3.05, 3.63) is 47.2 Å². The lowest BCUT2D eigenvalue weighted by Gasteiger charge is -2.12. The first-order valence-corrected chi connectivity index (χ1v) is 8.38. The Hall–Kier alpha value is -1.85. The summed E-state index contributed by atoms with van der Waals surface area (Å²) >= 11 is 6.02. The largest absolute Gasteiger partial charge is 0.459 e. The number of halogens is 1. The first kappa shape index (κ1) is 14.7. The summed E-state index contributed by atoms with van der Waals surface area (Å²) in [7, 11) is 0. The second-order valence-corrected chi connectivity index (χ2v) is 6.60. The molecule has 120 valence electrons. The third-order valence-electron chi connectivity index (χ3n) is 4.32. The van der Waals surface area contributed by atoms with E-state index in [0.717, 1.165) is 40.7 Å². The quantitative estimate of drug-likeness (QED) is 0.744. The van der Waals surface area contributed by atoms with E-state index >= 15 is 0 Å². The second-order valence-electron chi connectivity index (χ2n) is 6.16. The van der Waals surface area contributed by atoms with E-state index in [4.69, 9.17) is 16.0 Å². The molecule has 1 aliphatic carbocycles. The molecule has 1 aliphatic rings. The van der Waals surface area contributed by atoms with Gasteiger partial charge >= 0.3 is 0 Å². The van der Waals surface area contributed by atoms with Crippen molar-refractivity contribution in [2.75, 3.05) is 6.54 Å². The lowest BCUT2D eigenvalue weighted by Crippen LogP contribution is -2.23. The van der Waals surface area contributed by atoms with Crippen LogP contribution in [0.4, 0.5) is 0 Å². The fourth-order valence-corrected chi connectivity index (χ4v) is 3.02. The molecule has 0 spiro atoms. The van der Waals surface area contributed by atoms with E-state index in [-0.39, 0.29) is 6.04 Å². The zero-order chi connectivity index (χ0) is 15.8. The fourth-order valence-electron chi connectivity index (χ4n) is 2.84. The summed E-state index contributed by atoms with van der Waals surface area (Å²) < 4.78 is 8.04. The third kappa shape index (κ3) is 3.12. The van der Waals surface area contributed by atoms with E-state index in [1.165, 1.54) is 12.8 Å². The molecule has 0 amide bonds. The van der Waals surface area contributed by atoms with Crippen LogP contribution in [0.25, 0.3) is 11.0 Å². The van der Waals surface area contributed by atoms with Gasteiger partial charge in [-0.25, -0.2) is 0 Å². The summed E-state index contributed by atoms with van der Waals surface area (Å²) in [6, 6.07) is 7.87. The highest BCUT2D eigenvalue weighted by Gasteiger charge is 2.28. The highest BCUT2D eigenvalue weighted by atomic mass is 35.5. The van der Waals surface area contributed by atoms with E-state index in [1.807, 2.05) is 30.6 Å². The van der Waals surface area contributed by atoms with Gasteiger partial charge in [0.15, 0.2) is 0 Å². The van der Waals surface area contributed by atoms with Crippen LogP contribution in [-0.4, -0.2) is 21.3 Å². The predicted molar refractivity (Wildman–Crippen MR) is 89.6 cm³/mol. The van der Waals surface area contributed by atoms with Crippen LogP contribution in [0.1, 0.15) is 43.3 Å². The Morgan fingerprint density at radius 2 is 2.26 bits per heavy atom. The van der Waals surface area contributed by atoms with Gasteiger partial charge in [0.25, 0.3) is 0 Å². The van der Waals surface area contributed by atoms with Gasteiger partial charge in [0.2, 0.25) is 0 Å². The van der Waals surface area contributed by atoms with Gasteiger partial charge in [0.05, 0.1) is 6.04 Å². The Labute approximate surface area is 139 Å². The third-order valence-corrected chi connectivity index (χ3v) is 4.55. The van der Waals surface area contributed by atoms with Crippen molar-refractivity contribution in [3.8, 4) is 0 Å². The molecule has 6 heteroatoms. The Balaban J connectivity index is 1.38.